The van der Waals surface area contributed by atoms with E-state index in [0.29, 0.717) is 29.6 Å². The summed E-state index contributed by atoms with van der Waals surface area (Å²) in [5.41, 5.74) is 2.75. The van der Waals surface area contributed by atoms with Gasteiger partial charge in [-0.1, -0.05) is 33.3 Å². The predicted molar refractivity (Wildman–Crippen MR) is 153 cm³/mol. The zero-order valence-electron chi connectivity index (χ0n) is 24.6. The van der Waals surface area contributed by atoms with Gasteiger partial charge in [-0.25, -0.2) is 0 Å². The second-order valence-corrected chi connectivity index (χ2v) is 14.5. The van der Waals surface area contributed by atoms with Crippen LogP contribution in [0.2, 0.25) is 0 Å². The summed E-state index contributed by atoms with van der Waals surface area (Å²) in [5.74, 6) is 3.19. The van der Waals surface area contributed by atoms with Crippen molar-refractivity contribution in [1.82, 2.24) is 15.0 Å². The Hall–Kier alpha value is -1.79. The Morgan fingerprint density at radius 2 is 1.79 bits per heavy atom. The van der Waals surface area contributed by atoms with Crippen LogP contribution in [0.25, 0.3) is 11.0 Å². The Morgan fingerprint density at radius 3 is 2.62 bits per heavy atom. The van der Waals surface area contributed by atoms with Crippen molar-refractivity contribution in [2.75, 3.05) is 6.61 Å². The number of nitrogens with zero attached hydrogens (tertiary/aromatic N) is 3. The average molecular weight is 536 g/mol. The number of ketones is 1. The summed E-state index contributed by atoms with van der Waals surface area (Å²) in [6.45, 7) is 10.8. The fraction of sp³-hybridized carbons (Fsp3) is 0.788. The van der Waals surface area contributed by atoms with Crippen LogP contribution >= 0.6 is 0 Å². The number of rotatable bonds is 8. The lowest BCUT2D eigenvalue weighted by atomic mass is 9.44. The van der Waals surface area contributed by atoms with Crippen molar-refractivity contribution in [2.45, 2.75) is 117 Å². The maximum Gasteiger partial charge on any atom is 0.159 e. The highest BCUT2D eigenvalue weighted by molar-refractivity contribution is 5.82. The number of carbonyl (C=O) groups excluding carboxylic acids is 1. The van der Waals surface area contributed by atoms with E-state index < -0.39 is 5.60 Å². The largest absolute Gasteiger partial charge is 0.390 e. The lowest BCUT2D eigenvalue weighted by Crippen LogP contribution is -2.55. The van der Waals surface area contributed by atoms with Gasteiger partial charge < -0.3 is 9.84 Å². The lowest BCUT2D eigenvalue weighted by molar-refractivity contribution is -0.151. The summed E-state index contributed by atoms with van der Waals surface area (Å²) in [4.78, 5) is 15.4. The molecule has 6 rings (SSSR count). The number of hydrogen-bond acceptors (Lipinski definition) is 5. The molecule has 4 aliphatic carbocycles. The molecule has 0 aliphatic heterocycles. The third-order valence-corrected chi connectivity index (χ3v) is 12.0. The van der Waals surface area contributed by atoms with Crippen molar-refractivity contribution < 1.29 is 14.6 Å². The number of hydrogen-bond donors (Lipinski definition) is 1. The smallest absolute Gasteiger partial charge is 0.159 e. The molecule has 1 aromatic heterocycles. The summed E-state index contributed by atoms with van der Waals surface area (Å²) in [7, 11) is 0. The van der Waals surface area contributed by atoms with E-state index in [1.807, 2.05) is 19.1 Å². The van der Waals surface area contributed by atoms with Crippen molar-refractivity contribution in [3.8, 4) is 0 Å². The summed E-state index contributed by atoms with van der Waals surface area (Å²) < 4.78 is 5.77. The molecule has 0 unspecified atom stereocenters. The van der Waals surface area contributed by atoms with Crippen LogP contribution in [0.5, 0.6) is 0 Å². The number of unbranched alkanes of at least 4 members (excludes halogenated alkanes) is 1. The molecule has 214 valence electrons. The Kier molecular flexibility index (Phi) is 7.19. The van der Waals surface area contributed by atoms with Gasteiger partial charge in [-0.2, -0.15) is 15.0 Å². The first-order chi connectivity index (χ1) is 18.6. The third kappa shape index (κ3) is 4.88. The van der Waals surface area contributed by atoms with Crippen LogP contribution < -0.4 is 0 Å². The Morgan fingerprint density at radius 1 is 1.00 bits per heavy atom. The van der Waals surface area contributed by atoms with E-state index in [1.165, 1.54) is 25.7 Å². The molecule has 2 aromatic rings. The fourth-order valence-corrected chi connectivity index (χ4v) is 9.81. The van der Waals surface area contributed by atoms with Gasteiger partial charge in [0.05, 0.1) is 12.2 Å². The van der Waals surface area contributed by atoms with E-state index >= 15 is 0 Å². The maximum atomic E-state index is 13.8. The first kappa shape index (κ1) is 27.4. The minimum atomic E-state index is -0.486. The minimum Gasteiger partial charge on any atom is -0.390 e. The molecule has 1 heterocycles. The highest BCUT2D eigenvalue weighted by atomic mass is 16.5. The number of benzene rings is 1. The van der Waals surface area contributed by atoms with Crippen molar-refractivity contribution in [3.05, 3.63) is 23.8 Å². The number of aromatic nitrogens is 3. The SMILES string of the molecule is CCCCOCc1ccc2nn(CC(=O)[C@H]3CC[C@H]4[C@@H]5CC[C@H]6C[C@](C)(O)CC[C@]6(C)[C@H]5CC[C@]34C)nc2c1. The van der Waals surface area contributed by atoms with Crippen molar-refractivity contribution in [2.24, 2.45) is 40.4 Å². The molecular weight excluding hydrogens is 486 g/mol. The van der Waals surface area contributed by atoms with Gasteiger partial charge in [-0.3, -0.25) is 4.79 Å². The van der Waals surface area contributed by atoms with Crippen molar-refractivity contribution in [1.29, 1.82) is 0 Å². The van der Waals surface area contributed by atoms with Gasteiger partial charge in [-0.05, 0) is 123 Å². The molecule has 1 aromatic carbocycles. The van der Waals surface area contributed by atoms with Crippen LogP contribution in [-0.2, 0) is 22.7 Å². The average Bonchev–Trinajstić information content (AvgIpc) is 3.46. The molecule has 0 bridgehead atoms. The third-order valence-electron chi connectivity index (χ3n) is 12.0. The zero-order chi connectivity index (χ0) is 27.4. The summed E-state index contributed by atoms with van der Waals surface area (Å²) in [6.07, 6.45) is 12.4. The monoisotopic (exact) mass is 535 g/mol. The molecule has 0 radical (unpaired) electrons. The number of fused-ring (bicyclic) bond motifs is 6. The van der Waals surface area contributed by atoms with Crippen molar-refractivity contribution >= 4 is 16.8 Å². The van der Waals surface area contributed by atoms with Gasteiger partial charge in [0, 0.05) is 12.5 Å². The molecule has 6 heteroatoms. The van der Waals surface area contributed by atoms with E-state index in [2.05, 4.69) is 31.9 Å². The van der Waals surface area contributed by atoms with Crippen LogP contribution in [0.3, 0.4) is 0 Å². The molecule has 8 atom stereocenters. The van der Waals surface area contributed by atoms with E-state index in [1.54, 1.807) is 4.80 Å². The Bertz CT molecular complexity index is 1210. The van der Waals surface area contributed by atoms with Gasteiger partial charge in [-0.15, -0.1) is 0 Å². The number of Topliss-reactive ketones (excluding diaryl/α,β-unsaturated/α-hetero) is 1. The number of ether oxygens (including phenoxy) is 1. The number of carbonyl (C=O) groups is 1. The van der Waals surface area contributed by atoms with E-state index in [4.69, 9.17) is 9.84 Å². The molecule has 4 aliphatic rings. The molecule has 39 heavy (non-hydrogen) atoms. The van der Waals surface area contributed by atoms with Crippen LogP contribution in [0, 0.1) is 40.4 Å². The van der Waals surface area contributed by atoms with Gasteiger partial charge in [0.15, 0.2) is 5.78 Å². The van der Waals surface area contributed by atoms with Gasteiger partial charge in [0.1, 0.15) is 17.6 Å². The normalized spacial score (nSPS) is 39.8. The molecule has 4 fully saturated rings. The van der Waals surface area contributed by atoms with Crippen LogP contribution in [-0.4, -0.2) is 38.1 Å². The predicted octanol–water partition coefficient (Wildman–Crippen LogP) is 6.73. The highest BCUT2D eigenvalue weighted by Crippen LogP contribution is 2.68. The van der Waals surface area contributed by atoms with Gasteiger partial charge in [0.2, 0.25) is 0 Å². The van der Waals surface area contributed by atoms with Crippen molar-refractivity contribution in [3.63, 3.8) is 0 Å². The zero-order valence-corrected chi connectivity index (χ0v) is 24.6. The molecule has 6 nitrogen and oxygen atoms in total. The summed E-state index contributed by atoms with van der Waals surface area (Å²) >= 11 is 0. The van der Waals surface area contributed by atoms with Gasteiger partial charge in [0.25, 0.3) is 0 Å². The Balaban J connectivity index is 1.13. The summed E-state index contributed by atoms with van der Waals surface area (Å²) in [6, 6.07) is 6.10. The lowest BCUT2D eigenvalue weighted by Gasteiger charge is -2.61. The molecule has 0 amide bonds. The molecular formula is C33H49N3O3. The highest BCUT2D eigenvalue weighted by Gasteiger charge is 2.61. The first-order valence-electron chi connectivity index (χ1n) is 15.8. The molecule has 0 spiro atoms. The molecule has 0 saturated heterocycles. The fourth-order valence-electron chi connectivity index (χ4n) is 9.81. The second kappa shape index (κ2) is 10.2. The standard InChI is InChI=1S/C33H49N3O3/c1-5-6-17-39-21-22-7-12-28-29(18-22)35-36(34-28)20-30(37)27-11-10-25-24-9-8-23-19-31(2,38)15-16-32(23,3)26(24)13-14-33(25,27)4/h7,12,18,23-27,38H,5-6,8-11,13-17,19-21H2,1-4H3/t23-,24-,25-,26-,27+,31+,32-,33-/m0/s1. The van der Waals surface area contributed by atoms with Crippen LogP contribution in [0.1, 0.15) is 104 Å². The first-order valence-corrected chi connectivity index (χ1v) is 15.8. The second-order valence-electron chi connectivity index (χ2n) is 14.5. The molecule has 4 saturated carbocycles. The van der Waals surface area contributed by atoms with Crippen LogP contribution in [0.15, 0.2) is 18.2 Å². The van der Waals surface area contributed by atoms with E-state index in [9.17, 15) is 9.90 Å². The van der Waals surface area contributed by atoms with Crippen LogP contribution in [0.4, 0.5) is 0 Å². The minimum absolute atomic E-state index is 0.0944. The summed E-state index contributed by atoms with van der Waals surface area (Å²) in [5, 5.41) is 20.1. The van der Waals surface area contributed by atoms with Gasteiger partial charge >= 0.3 is 0 Å². The molecule has 1 N–H and O–H groups in total. The Labute approximate surface area is 234 Å². The quantitative estimate of drug-likeness (QED) is 0.379. The van der Waals surface area contributed by atoms with E-state index in [0.717, 1.165) is 80.0 Å². The maximum absolute atomic E-state index is 13.8. The number of aliphatic hydroxyl groups is 1. The topological polar surface area (TPSA) is 77.2 Å². The van der Waals surface area contributed by atoms with E-state index in [-0.39, 0.29) is 17.9 Å².